The lowest BCUT2D eigenvalue weighted by Gasteiger charge is -2.20. The van der Waals surface area contributed by atoms with Gasteiger partial charge in [0, 0.05) is 17.9 Å². The summed E-state index contributed by atoms with van der Waals surface area (Å²) in [6, 6.07) is 5.03. The third-order valence-electron chi connectivity index (χ3n) is 3.71. The minimum absolute atomic E-state index is 0.181. The number of hydrogen-bond donors (Lipinski definition) is 1. The summed E-state index contributed by atoms with van der Waals surface area (Å²) in [7, 11) is 1.58. The van der Waals surface area contributed by atoms with Crippen molar-refractivity contribution in [2.75, 3.05) is 7.11 Å². The van der Waals surface area contributed by atoms with Crippen molar-refractivity contribution >= 4 is 5.78 Å². The number of hydrogen-bond acceptors (Lipinski definition) is 3. The number of Topliss-reactive ketones (excluding diaryl/α,β-unsaturated/α-hetero) is 1. The molecule has 0 amide bonds. The largest absolute Gasteiger partial charge is 0.508 e. The number of carbonyl (C=O) groups is 1. The molecule has 0 aromatic heterocycles. The first-order chi connectivity index (χ1) is 8.70. The molecule has 1 aliphatic carbocycles. The van der Waals surface area contributed by atoms with Crippen LogP contribution in [0.4, 0.5) is 0 Å². The fourth-order valence-corrected chi connectivity index (χ4v) is 2.59. The fourth-order valence-electron chi connectivity index (χ4n) is 2.59. The first-order valence-corrected chi connectivity index (χ1v) is 6.59. The van der Waals surface area contributed by atoms with Crippen LogP contribution in [-0.4, -0.2) is 18.0 Å². The van der Waals surface area contributed by atoms with Crippen molar-refractivity contribution in [1.82, 2.24) is 0 Å². The highest BCUT2D eigenvalue weighted by atomic mass is 16.5. The van der Waals surface area contributed by atoms with Crippen molar-refractivity contribution in [2.45, 2.75) is 38.5 Å². The Balaban J connectivity index is 2.05. The second kappa shape index (κ2) is 5.89. The van der Waals surface area contributed by atoms with Crippen molar-refractivity contribution in [1.29, 1.82) is 0 Å². The molecule has 98 valence electrons. The molecule has 1 saturated carbocycles. The fraction of sp³-hybridized carbons (Fsp3) is 0.533. The number of aromatic hydroxyl groups is 1. The molecule has 2 rings (SSSR count). The molecule has 0 unspecified atom stereocenters. The van der Waals surface area contributed by atoms with Crippen LogP contribution in [0.25, 0.3) is 0 Å². The van der Waals surface area contributed by atoms with Gasteiger partial charge in [0.15, 0.2) is 0 Å². The molecule has 3 nitrogen and oxygen atoms in total. The van der Waals surface area contributed by atoms with Crippen LogP contribution in [-0.2, 0) is 11.2 Å². The van der Waals surface area contributed by atoms with Gasteiger partial charge in [-0.2, -0.15) is 0 Å². The van der Waals surface area contributed by atoms with Gasteiger partial charge in [-0.15, -0.1) is 0 Å². The lowest BCUT2D eigenvalue weighted by molar-refractivity contribution is -0.123. The molecular formula is C15H20O3. The monoisotopic (exact) mass is 248 g/mol. The smallest absolute Gasteiger partial charge is 0.140 e. The highest BCUT2D eigenvalue weighted by Crippen LogP contribution is 2.28. The summed E-state index contributed by atoms with van der Waals surface area (Å²) >= 11 is 0. The van der Waals surface area contributed by atoms with E-state index in [0.29, 0.717) is 17.7 Å². The normalized spacial score (nSPS) is 16.5. The third-order valence-corrected chi connectivity index (χ3v) is 3.71. The van der Waals surface area contributed by atoms with E-state index in [9.17, 15) is 9.90 Å². The average Bonchev–Trinajstić information content (AvgIpc) is 2.42. The molecule has 0 heterocycles. The molecule has 0 atom stereocenters. The second-order valence-corrected chi connectivity index (χ2v) is 4.97. The molecular weight excluding hydrogens is 228 g/mol. The van der Waals surface area contributed by atoms with Crippen molar-refractivity contribution in [2.24, 2.45) is 5.92 Å². The van der Waals surface area contributed by atoms with Crippen LogP contribution in [0.1, 0.15) is 37.7 Å². The topological polar surface area (TPSA) is 46.5 Å². The standard InChI is InChI=1S/C15H20O3/c1-18-13-7-8-14(16)12(9-13)10-15(17)11-5-3-2-4-6-11/h7-9,11,16H,2-6,10H2,1H3. The summed E-state index contributed by atoms with van der Waals surface area (Å²) < 4.78 is 5.11. The maximum Gasteiger partial charge on any atom is 0.140 e. The Kier molecular flexibility index (Phi) is 4.24. The van der Waals surface area contributed by atoms with E-state index in [1.54, 1.807) is 25.3 Å². The SMILES string of the molecule is COc1ccc(O)c(CC(=O)C2CCCCC2)c1. The molecule has 1 aromatic carbocycles. The molecule has 0 radical (unpaired) electrons. The lowest BCUT2D eigenvalue weighted by atomic mass is 9.84. The van der Waals surface area contributed by atoms with Gasteiger partial charge < -0.3 is 9.84 Å². The molecule has 1 fully saturated rings. The summed E-state index contributed by atoms with van der Waals surface area (Å²) in [5.74, 6) is 1.29. The summed E-state index contributed by atoms with van der Waals surface area (Å²) in [5, 5.41) is 9.77. The van der Waals surface area contributed by atoms with E-state index in [1.165, 1.54) is 6.42 Å². The van der Waals surface area contributed by atoms with E-state index < -0.39 is 0 Å². The second-order valence-electron chi connectivity index (χ2n) is 4.97. The first kappa shape index (κ1) is 12.9. The summed E-state index contributed by atoms with van der Waals surface area (Å²) in [6.45, 7) is 0. The van der Waals surface area contributed by atoms with Crippen LogP contribution < -0.4 is 4.74 Å². The molecule has 0 bridgehead atoms. The van der Waals surface area contributed by atoms with Gasteiger partial charge in [0.05, 0.1) is 7.11 Å². The molecule has 0 saturated heterocycles. The van der Waals surface area contributed by atoms with Gasteiger partial charge in [0.1, 0.15) is 17.3 Å². The maximum atomic E-state index is 12.2. The van der Waals surface area contributed by atoms with Gasteiger partial charge in [-0.05, 0) is 31.0 Å². The summed E-state index contributed by atoms with van der Waals surface area (Å²) in [4.78, 5) is 12.2. The zero-order valence-corrected chi connectivity index (χ0v) is 10.8. The van der Waals surface area contributed by atoms with Gasteiger partial charge in [0.25, 0.3) is 0 Å². The molecule has 1 N–H and O–H groups in total. The molecule has 0 spiro atoms. The summed E-state index contributed by atoms with van der Waals surface area (Å²) in [6.07, 6.45) is 5.87. The number of methoxy groups -OCH3 is 1. The Morgan fingerprint density at radius 2 is 2.06 bits per heavy atom. The minimum atomic E-state index is 0.181. The Bertz CT molecular complexity index is 420. The van der Waals surface area contributed by atoms with Crippen molar-refractivity contribution < 1.29 is 14.6 Å². The lowest BCUT2D eigenvalue weighted by Crippen LogP contribution is -2.19. The highest BCUT2D eigenvalue weighted by molar-refractivity contribution is 5.84. The van der Waals surface area contributed by atoms with Crippen LogP contribution in [0.2, 0.25) is 0 Å². The van der Waals surface area contributed by atoms with Crippen molar-refractivity contribution in [3.8, 4) is 11.5 Å². The van der Waals surface area contributed by atoms with E-state index in [-0.39, 0.29) is 17.5 Å². The number of phenols is 1. The van der Waals surface area contributed by atoms with Gasteiger partial charge in [-0.3, -0.25) is 4.79 Å². The van der Waals surface area contributed by atoms with E-state index in [1.807, 2.05) is 0 Å². The average molecular weight is 248 g/mol. The Morgan fingerprint density at radius 1 is 1.33 bits per heavy atom. The Hall–Kier alpha value is -1.51. The number of rotatable bonds is 4. The van der Waals surface area contributed by atoms with E-state index >= 15 is 0 Å². The molecule has 3 heteroatoms. The van der Waals surface area contributed by atoms with Gasteiger partial charge in [0.2, 0.25) is 0 Å². The molecule has 1 aromatic rings. The first-order valence-electron chi connectivity index (χ1n) is 6.59. The number of carbonyl (C=O) groups excluding carboxylic acids is 1. The van der Waals surface area contributed by atoms with E-state index in [0.717, 1.165) is 25.7 Å². The zero-order valence-electron chi connectivity index (χ0n) is 10.8. The van der Waals surface area contributed by atoms with E-state index in [2.05, 4.69) is 0 Å². The predicted octanol–water partition coefficient (Wildman–Crippen LogP) is 3.09. The zero-order chi connectivity index (χ0) is 13.0. The Labute approximate surface area is 108 Å². The highest BCUT2D eigenvalue weighted by Gasteiger charge is 2.22. The number of benzene rings is 1. The molecule has 1 aliphatic rings. The van der Waals surface area contributed by atoms with E-state index in [4.69, 9.17) is 4.74 Å². The van der Waals surface area contributed by atoms with Crippen LogP contribution in [0, 0.1) is 5.92 Å². The number of phenolic OH excluding ortho intramolecular Hbond substituents is 1. The van der Waals surface area contributed by atoms with Crippen LogP contribution in [0.15, 0.2) is 18.2 Å². The molecule has 18 heavy (non-hydrogen) atoms. The van der Waals surface area contributed by atoms with Crippen LogP contribution in [0.5, 0.6) is 11.5 Å². The summed E-state index contributed by atoms with van der Waals surface area (Å²) in [5.41, 5.74) is 0.671. The van der Waals surface area contributed by atoms with Crippen LogP contribution in [0.3, 0.4) is 0 Å². The predicted molar refractivity (Wildman–Crippen MR) is 69.9 cm³/mol. The number of ketones is 1. The quantitative estimate of drug-likeness (QED) is 0.890. The van der Waals surface area contributed by atoms with Crippen LogP contribution >= 0.6 is 0 Å². The van der Waals surface area contributed by atoms with Crippen molar-refractivity contribution in [3.63, 3.8) is 0 Å². The van der Waals surface area contributed by atoms with Gasteiger partial charge in [-0.25, -0.2) is 0 Å². The Morgan fingerprint density at radius 3 is 2.72 bits per heavy atom. The minimum Gasteiger partial charge on any atom is -0.508 e. The third kappa shape index (κ3) is 3.03. The molecule has 0 aliphatic heterocycles. The van der Waals surface area contributed by atoms with Gasteiger partial charge >= 0.3 is 0 Å². The maximum absolute atomic E-state index is 12.2. The number of ether oxygens (including phenoxy) is 1. The van der Waals surface area contributed by atoms with Crippen molar-refractivity contribution in [3.05, 3.63) is 23.8 Å². The van der Waals surface area contributed by atoms with Gasteiger partial charge in [-0.1, -0.05) is 19.3 Å².